The Balaban J connectivity index is 1.80. The lowest BCUT2D eigenvalue weighted by Gasteiger charge is -2.01. The molecule has 0 atom stereocenters. The van der Waals surface area contributed by atoms with Gasteiger partial charge in [0.15, 0.2) is 5.13 Å². The second-order valence-corrected chi connectivity index (χ2v) is 5.30. The number of halogens is 1. The highest BCUT2D eigenvalue weighted by atomic mass is 32.1. The first kappa shape index (κ1) is 13.6. The number of anilines is 2. The Bertz CT molecular complexity index is 710. The second-order valence-electron chi connectivity index (χ2n) is 4.31. The number of aryl methyl sites for hydroxylation is 1. The average molecular weight is 306 g/mol. The highest BCUT2D eigenvalue weighted by Gasteiger charge is 2.23. The fourth-order valence-corrected chi connectivity index (χ4v) is 2.72. The van der Waals surface area contributed by atoms with Crippen LogP contribution in [0.3, 0.4) is 0 Å². The Labute approximate surface area is 124 Å². The van der Waals surface area contributed by atoms with Crippen molar-refractivity contribution in [2.75, 3.05) is 12.1 Å². The molecule has 7 heteroatoms. The third-order valence-corrected chi connectivity index (χ3v) is 3.87. The van der Waals surface area contributed by atoms with Gasteiger partial charge in [0.05, 0.1) is 5.69 Å². The van der Waals surface area contributed by atoms with E-state index in [1.807, 2.05) is 0 Å². The van der Waals surface area contributed by atoms with Crippen LogP contribution in [0.15, 0.2) is 36.3 Å². The van der Waals surface area contributed by atoms with Gasteiger partial charge >= 0.3 is 0 Å². The Morgan fingerprint density at radius 2 is 2.14 bits per heavy atom. The van der Waals surface area contributed by atoms with Gasteiger partial charge in [-0.2, -0.15) is 0 Å². The Morgan fingerprint density at radius 3 is 2.81 bits per heavy atom. The van der Waals surface area contributed by atoms with Gasteiger partial charge in [-0.25, -0.2) is 9.37 Å². The fourth-order valence-electron chi connectivity index (χ4n) is 1.79. The molecule has 0 bridgehead atoms. The molecule has 1 aliphatic rings. The molecule has 3 rings (SSSR count). The number of benzene rings is 1. The van der Waals surface area contributed by atoms with Gasteiger partial charge in [0.2, 0.25) is 18.3 Å². The molecule has 0 fully saturated rings. The van der Waals surface area contributed by atoms with Crippen LogP contribution < -0.4 is 5.32 Å². The van der Waals surface area contributed by atoms with E-state index in [0.29, 0.717) is 21.4 Å². The maximum Gasteiger partial charge on any atom is 0.242 e. The monoisotopic (exact) mass is 306 g/mol. The molecule has 0 unspecified atom stereocenters. The summed E-state index contributed by atoms with van der Waals surface area (Å²) in [5.74, 6) is -0.387. The molecule has 1 aliphatic heterocycles. The smallest absolute Gasteiger partial charge is 0.242 e. The third-order valence-electron chi connectivity index (χ3n) is 2.79. The number of hydrogen-bond donors (Lipinski definition) is 1. The molecular formula is C14H11FN2O3S. The van der Waals surface area contributed by atoms with E-state index in [1.54, 1.807) is 19.1 Å². The highest BCUT2D eigenvalue weighted by molar-refractivity contribution is 7.17. The Morgan fingerprint density at radius 1 is 1.38 bits per heavy atom. The number of Topliss-reactive ketones (excluding diaryl/α,β-unsaturated/α-hetero) is 1. The van der Waals surface area contributed by atoms with Crippen LogP contribution in [0.4, 0.5) is 15.2 Å². The van der Waals surface area contributed by atoms with E-state index < -0.39 is 0 Å². The van der Waals surface area contributed by atoms with Crippen molar-refractivity contribution in [3.8, 4) is 0 Å². The lowest BCUT2D eigenvalue weighted by atomic mass is 10.2. The van der Waals surface area contributed by atoms with Crippen LogP contribution in [0.1, 0.15) is 15.4 Å². The number of nitrogens with one attached hydrogen (secondary N) is 1. The van der Waals surface area contributed by atoms with Crippen molar-refractivity contribution < 1.29 is 18.7 Å². The normalized spacial score (nSPS) is 13.3. The Kier molecular flexibility index (Phi) is 3.57. The first-order valence-electron chi connectivity index (χ1n) is 6.13. The van der Waals surface area contributed by atoms with Crippen LogP contribution in [-0.4, -0.2) is 17.6 Å². The van der Waals surface area contributed by atoms with E-state index in [1.165, 1.54) is 29.7 Å². The number of ketones is 1. The summed E-state index contributed by atoms with van der Waals surface area (Å²) in [7, 11) is 0. The zero-order valence-electron chi connectivity index (χ0n) is 11.1. The molecule has 0 spiro atoms. The van der Waals surface area contributed by atoms with Gasteiger partial charge < -0.3 is 14.8 Å². The number of allylic oxidation sites excluding steroid dienone is 1. The first-order chi connectivity index (χ1) is 10.1. The summed E-state index contributed by atoms with van der Waals surface area (Å²) in [5, 5.41) is 3.59. The molecular weight excluding hydrogens is 295 g/mol. The second kappa shape index (κ2) is 5.53. The van der Waals surface area contributed by atoms with Crippen LogP contribution in [0.25, 0.3) is 0 Å². The van der Waals surface area contributed by atoms with Gasteiger partial charge in [0.25, 0.3) is 0 Å². The zero-order chi connectivity index (χ0) is 14.8. The maximum absolute atomic E-state index is 12.9. The quantitative estimate of drug-likeness (QED) is 0.878. The largest absolute Gasteiger partial charge is 0.461 e. The molecule has 2 heterocycles. The van der Waals surface area contributed by atoms with Crippen LogP contribution in [0, 0.1) is 12.7 Å². The molecule has 2 aromatic rings. The number of thiazole rings is 1. The van der Waals surface area contributed by atoms with E-state index in [-0.39, 0.29) is 24.2 Å². The molecule has 0 saturated carbocycles. The summed E-state index contributed by atoms with van der Waals surface area (Å²) in [6.07, 6.45) is 1.30. The standard InChI is InChI=1S/C14H11FN2O3S/c1-8-13(12(18)11-6-19-7-20-11)21-14(16-8)17-10-4-2-9(15)3-5-10/h2-6H,7H2,1H3,(H,16,17). The predicted octanol–water partition coefficient (Wildman–Crippen LogP) is 3.36. The fraction of sp³-hybridized carbons (Fsp3) is 0.143. The summed E-state index contributed by atoms with van der Waals surface area (Å²) in [4.78, 5) is 17.0. The lowest BCUT2D eigenvalue weighted by Crippen LogP contribution is -2.03. The number of hydrogen-bond acceptors (Lipinski definition) is 6. The van der Waals surface area contributed by atoms with Crippen LogP contribution in [0.5, 0.6) is 0 Å². The lowest BCUT2D eigenvalue weighted by molar-refractivity contribution is 0.0686. The molecule has 21 heavy (non-hydrogen) atoms. The van der Waals surface area contributed by atoms with E-state index in [2.05, 4.69) is 10.3 Å². The summed E-state index contributed by atoms with van der Waals surface area (Å²) in [6.45, 7) is 1.80. The zero-order valence-corrected chi connectivity index (χ0v) is 11.9. The molecule has 5 nitrogen and oxygen atoms in total. The number of carbonyl (C=O) groups is 1. The molecule has 0 saturated heterocycles. The first-order valence-corrected chi connectivity index (χ1v) is 6.94. The minimum absolute atomic E-state index is 0.0552. The number of aromatic nitrogens is 1. The molecule has 1 N–H and O–H groups in total. The minimum atomic E-state index is -0.308. The minimum Gasteiger partial charge on any atom is -0.461 e. The van der Waals surface area contributed by atoms with Crippen molar-refractivity contribution in [2.24, 2.45) is 0 Å². The number of nitrogens with zero attached hydrogens (tertiary/aromatic N) is 1. The molecule has 0 radical (unpaired) electrons. The highest BCUT2D eigenvalue weighted by Crippen LogP contribution is 2.28. The van der Waals surface area contributed by atoms with Crippen molar-refractivity contribution in [2.45, 2.75) is 6.92 Å². The molecule has 0 aliphatic carbocycles. The SMILES string of the molecule is Cc1nc(Nc2ccc(F)cc2)sc1C(=O)C1=COCO1. The summed E-state index contributed by atoms with van der Waals surface area (Å²) >= 11 is 1.21. The van der Waals surface area contributed by atoms with Crippen LogP contribution in [-0.2, 0) is 9.47 Å². The molecule has 108 valence electrons. The van der Waals surface area contributed by atoms with E-state index in [9.17, 15) is 9.18 Å². The molecule has 1 aromatic heterocycles. The predicted molar refractivity (Wildman–Crippen MR) is 76.0 cm³/mol. The van der Waals surface area contributed by atoms with Crippen LogP contribution in [0.2, 0.25) is 0 Å². The topological polar surface area (TPSA) is 60.5 Å². The average Bonchev–Trinajstić information content (AvgIpc) is 3.10. The van der Waals surface area contributed by atoms with Crippen molar-refractivity contribution in [1.29, 1.82) is 0 Å². The van der Waals surface area contributed by atoms with Crippen molar-refractivity contribution in [3.05, 3.63) is 52.7 Å². The van der Waals surface area contributed by atoms with Crippen molar-refractivity contribution >= 4 is 27.9 Å². The number of rotatable bonds is 4. The van der Waals surface area contributed by atoms with Gasteiger partial charge in [-0.15, -0.1) is 0 Å². The van der Waals surface area contributed by atoms with Crippen LogP contribution >= 0.6 is 11.3 Å². The molecule has 0 amide bonds. The van der Waals surface area contributed by atoms with Crippen molar-refractivity contribution in [3.63, 3.8) is 0 Å². The summed E-state index contributed by atoms with van der Waals surface area (Å²) < 4.78 is 22.8. The van der Waals surface area contributed by atoms with E-state index >= 15 is 0 Å². The van der Waals surface area contributed by atoms with Gasteiger partial charge in [0, 0.05) is 5.69 Å². The van der Waals surface area contributed by atoms with Crippen molar-refractivity contribution in [1.82, 2.24) is 4.98 Å². The summed E-state index contributed by atoms with van der Waals surface area (Å²) in [6, 6.07) is 5.90. The van der Waals surface area contributed by atoms with Gasteiger partial charge in [-0.3, -0.25) is 4.79 Å². The third kappa shape index (κ3) is 2.87. The summed E-state index contributed by atoms with van der Waals surface area (Å²) in [5.41, 5.74) is 1.30. The maximum atomic E-state index is 12.9. The number of ether oxygens (including phenoxy) is 2. The van der Waals surface area contributed by atoms with Gasteiger partial charge in [0.1, 0.15) is 17.0 Å². The molecule has 1 aromatic carbocycles. The Hall–Kier alpha value is -2.41. The van der Waals surface area contributed by atoms with E-state index in [4.69, 9.17) is 9.47 Å². The number of carbonyl (C=O) groups excluding carboxylic acids is 1. The van der Waals surface area contributed by atoms with E-state index in [0.717, 1.165) is 0 Å². The van der Waals surface area contributed by atoms with Gasteiger partial charge in [-0.05, 0) is 31.2 Å². The van der Waals surface area contributed by atoms with Gasteiger partial charge in [-0.1, -0.05) is 11.3 Å².